The van der Waals surface area contributed by atoms with E-state index in [9.17, 15) is 5.11 Å². The highest BCUT2D eigenvalue weighted by atomic mass is 32.1. The summed E-state index contributed by atoms with van der Waals surface area (Å²) in [6.07, 6.45) is 1.69. The molecule has 0 fully saturated rings. The quantitative estimate of drug-likeness (QED) is 0.523. The topological polar surface area (TPSA) is 59.1 Å². The molecule has 3 aromatic carbocycles. The molecule has 6 heteroatoms. The van der Waals surface area contributed by atoms with Gasteiger partial charge < -0.3 is 9.84 Å². The average molecular weight is 389 g/mol. The summed E-state index contributed by atoms with van der Waals surface area (Å²) in [7, 11) is 3.39. The van der Waals surface area contributed by atoms with Crippen LogP contribution in [0.25, 0.3) is 22.0 Å². The number of thiazole rings is 1. The van der Waals surface area contributed by atoms with Gasteiger partial charge in [-0.2, -0.15) is 5.10 Å². The van der Waals surface area contributed by atoms with Gasteiger partial charge in [0, 0.05) is 23.6 Å². The maximum atomic E-state index is 10.4. The predicted molar refractivity (Wildman–Crippen MR) is 114 cm³/mol. The van der Waals surface area contributed by atoms with Crippen LogP contribution < -0.4 is 9.54 Å². The molecule has 0 atom stereocenters. The monoisotopic (exact) mass is 389 g/mol. The summed E-state index contributed by atoms with van der Waals surface area (Å²) in [5, 5.41) is 19.0. The molecule has 140 valence electrons. The van der Waals surface area contributed by atoms with Crippen molar-refractivity contribution in [3.05, 3.63) is 76.4 Å². The zero-order valence-electron chi connectivity index (χ0n) is 15.5. The highest BCUT2D eigenvalue weighted by molar-refractivity contribution is 7.07. The number of phenols is 1. The highest BCUT2D eigenvalue weighted by Crippen LogP contribution is 2.26. The Balaban J connectivity index is 1.82. The van der Waals surface area contributed by atoms with E-state index >= 15 is 0 Å². The molecule has 0 radical (unpaired) electrons. The first-order valence-corrected chi connectivity index (χ1v) is 9.62. The zero-order chi connectivity index (χ0) is 19.5. The Morgan fingerprint density at radius 1 is 1.04 bits per heavy atom. The molecule has 4 rings (SSSR count). The molecule has 4 aromatic rings. The number of rotatable bonds is 4. The van der Waals surface area contributed by atoms with Gasteiger partial charge in [-0.25, -0.2) is 4.68 Å². The van der Waals surface area contributed by atoms with E-state index in [1.807, 2.05) is 60.0 Å². The third kappa shape index (κ3) is 3.30. The first-order chi connectivity index (χ1) is 13.7. The van der Waals surface area contributed by atoms with Crippen LogP contribution in [0, 0.1) is 0 Å². The van der Waals surface area contributed by atoms with Gasteiger partial charge in [0.2, 0.25) is 4.80 Å². The molecule has 28 heavy (non-hydrogen) atoms. The van der Waals surface area contributed by atoms with Crippen molar-refractivity contribution in [2.45, 2.75) is 0 Å². The van der Waals surface area contributed by atoms with Gasteiger partial charge in [0.15, 0.2) is 0 Å². The van der Waals surface area contributed by atoms with Gasteiger partial charge in [-0.05, 0) is 41.1 Å². The van der Waals surface area contributed by atoms with Crippen molar-refractivity contribution in [1.82, 2.24) is 4.68 Å². The third-order valence-corrected chi connectivity index (χ3v) is 5.42. The molecular weight excluding hydrogens is 370 g/mol. The fourth-order valence-electron chi connectivity index (χ4n) is 3.06. The van der Waals surface area contributed by atoms with Crippen LogP contribution >= 0.6 is 11.3 Å². The maximum absolute atomic E-state index is 10.4. The van der Waals surface area contributed by atoms with E-state index in [1.165, 1.54) is 11.3 Å². The van der Waals surface area contributed by atoms with Crippen molar-refractivity contribution in [3.8, 4) is 22.8 Å². The van der Waals surface area contributed by atoms with Crippen LogP contribution in [0.1, 0.15) is 5.56 Å². The standard InChI is InChI=1S/C22H19N3O2S/c1-23-22-25(20(14-28-22)16-7-10-17(27-2)11-8-16)24-13-19-18-6-4-3-5-15(18)9-12-21(19)26/h3-14,26H,1-2H3. The van der Waals surface area contributed by atoms with Gasteiger partial charge in [-0.15, -0.1) is 11.3 Å². The van der Waals surface area contributed by atoms with Gasteiger partial charge in [-0.1, -0.05) is 30.3 Å². The Labute approximate surface area is 166 Å². The van der Waals surface area contributed by atoms with E-state index in [-0.39, 0.29) is 5.75 Å². The Kier molecular flexibility index (Phi) is 4.95. The number of fused-ring (bicyclic) bond motifs is 1. The summed E-state index contributed by atoms with van der Waals surface area (Å²) in [5.41, 5.74) is 2.61. The normalized spacial score (nSPS) is 12.1. The summed E-state index contributed by atoms with van der Waals surface area (Å²) in [6, 6.07) is 19.3. The minimum Gasteiger partial charge on any atom is -0.507 e. The van der Waals surface area contributed by atoms with E-state index in [2.05, 4.69) is 10.1 Å². The van der Waals surface area contributed by atoms with Gasteiger partial charge >= 0.3 is 0 Å². The molecule has 0 aliphatic rings. The summed E-state index contributed by atoms with van der Waals surface area (Å²) >= 11 is 1.51. The third-order valence-electron chi connectivity index (χ3n) is 4.51. The zero-order valence-corrected chi connectivity index (χ0v) is 16.4. The van der Waals surface area contributed by atoms with Gasteiger partial charge in [0.1, 0.15) is 11.5 Å². The highest BCUT2D eigenvalue weighted by Gasteiger charge is 2.09. The number of ether oxygens (including phenoxy) is 1. The Hall–Kier alpha value is -3.38. The second kappa shape index (κ2) is 7.70. The van der Waals surface area contributed by atoms with Crippen LogP contribution in [-0.4, -0.2) is 30.2 Å². The van der Waals surface area contributed by atoms with Crippen LogP contribution in [0.2, 0.25) is 0 Å². The van der Waals surface area contributed by atoms with Crippen LogP contribution in [0.4, 0.5) is 0 Å². The molecule has 0 aliphatic carbocycles. The molecule has 1 N–H and O–H groups in total. The van der Waals surface area contributed by atoms with Crippen molar-refractivity contribution < 1.29 is 9.84 Å². The summed E-state index contributed by atoms with van der Waals surface area (Å²) in [5.74, 6) is 0.995. The van der Waals surface area contributed by atoms with Crippen molar-refractivity contribution in [2.24, 2.45) is 10.1 Å². The number of aromatic hydroxyl groups is 1. The number of phenolic OH excluding ortho intramolecular Hbond substituents is 1. The van der Waals surface area contributed by atoms with E-state index in [0.29, 0.717) is 5.56 Å². The minimum atomic E-state index is 0.194. The van der Waals surface area contributed by atoms with Gasteiger partial charge in [0.05, 0.1) is 19.0 Å². The minimum absolute atomic E-state index is 0.194. The molecule has 0 unspecified atom stereocenters. The second-order valence-electron chi connectivity index (χ2n) is 6.13. The fraction of sp³-hybridized carbons (Fsp3) is 0.0909. The van der Waals surface area contributed by atoms with Crippen LogP contribution in [0.15, 0.2) is 76.1 Å². The second-order valence-corrected chi connectivity index (χ2v) is 6.97. The number of hydrogen-bond donors (Lipinski definition) is 1. The molecule has 0 saturated carbocycles. The summed E-state index contributed by atoms with van der Waals surface area (Å²) in [6.45, 7) is 0. The van der Waals surface area contributed by atoms with Crippen molar-refractivity contribution in [1.29, 1.82) is 0 Å². The lowest BCUT2D eigenvalue weighted by Gasteiger charge is -2.07. The Bertz CT molecular complexity index is 1220. The molecule has 1 heterocycles. The van der Waals surface area contributed by atoms with Crippen molar-refractivity contribution in [2.75, 3.05) is 14.2 Å². The molecule has 0 amide bonds. The molecule has 0 aliphatic heterocycles. The molecule has 0 saturated heterocycles. The van der Waals surface area contributed by atoms with E-state index in [4.69, 9.17) is 4.74 Å². The van der Waals surface area contributed by atoms with Crippen LogP contribution in [0.3, 0.4) is 0 Å². The first kappa shape index (κ1) is 18.0. The fourth-order valence-corrected chi connectivity index (χ4v) is 3.86. The summed E-state index contributed by atoms with van der Waals surface area (Å²) < 4.78 is 7.03. The number of benzene rings is 3. The number of nitrogens with zero attached hydrogens (tertiary/aromatic N) is 3. The van der Waals surface area contributed by atoms with Crippen LogP contribution in [0.5, 0.6) is 11.5 Å². The smallest absolute Gasteiger partial charge is 0.205 e. The SMILES string of the molecule is CN=c1scc(-c2ccc(OC)cc2)n1N=Cc1c(O)ccc2ccccc12. The lowest BCUT2D eigenvalue weighted by Crippen LogP contribution is -2.11. The van der Waals surface area contributed by atoms with Crippen molar-refractivity contribution in [3.63, 3.8) is 0 Å². The molecule has 0 spiro atoms. The maximum Gasteiger partial charge on any atom is 0.205 e. The van der Waals surface area contributed by atoms with Crippen LogP contribution in [-0.2, 0) is 0 Å². The first-order valence-electron chi connectivity index (χ1n) is 8.74. The Morgan fingerprint density at radius 2 is 1.82 bits per heavy atom. The number of methoxy groups -OCH3 is 1. The lowest BCUT2D eigenvalue weighted by molar-refractivity contribution is 0.415. The lowest BCUT2D eigenvalue weighted by atomic mass is 10.0. The Morgan fingerprint density at radius 3 is 2.57 bits per heavy atom. The van der Waals surface area contributed by atoms with E-state index in [1.54, 1.807) is 31.1 Å². The predicted octanol–water partition coefficient (Wildman–Crippen LogP) is 4.50. The van der Waals surface area contributed by atoms with Gasteiger partial charge in [-0.3, -0.25) is 4.99 Å². The van der Waals surface area contributed by atoms with Gasteiger partial charge in [0.25, 0.3) is 0 Å². The largest absolute Gasteiger partial charge is 0.507 e. The molecule has 5 nitrogen and oxygen atoms in total. The molecule has 1 aromatic heterocycles. The van der Waals surface area contributed by atoms with E-state index in [0.717, 1.165) is 32.6 Å². The number of aromatic nitrogens is 1. The summed E-state index contributed by atoms with van der Waals surface area (Å²) in [4.78, 5) is 5.09. The molecular formula is C22H19N3O2S. The average Bonchev–Trinajstić information content (AvgIpc) is 3.16. The molecule has 0 bridgehead atoms. The van der Waals surface area contributed by atoms with Crippen molar-refractivity contribution >= 4 is 28.3 Å². The van der Waals surface area contributed by atoms with E-state index < -0.39 is 0 Å². The number of hydrogen-bond acceptors (Lipinski definition) is 5.